The standard InChI is InChI=1S/C23H25NOS/c1-3-4-7-17-25-24-23(19-13-15-20(26-2)16-14-19)22-12-8-10-18-9-5-6-11-21(18)22/h5-6,8-16H,3-4,7,17H2,1-2H3/b24-23-. The summed E-state index contributed by atoms with van der Waals surface area (Å²) >= 11 is 1.74. The number of benzene rings is 3. The zero-order valence-electron chi connectivity index (χ0n) is 15.4. The van der Waals surface area contributed by atoms with E-state index in [1.807, 2.05) is 0 Å². The van der Waals surface area contributed by atoms with Gasteiger partial charge in [0.25, 0.3) is 0 Å². The lowest BCUT2D eigenvalue weighted by Crippen LogP contribution is -2.06. The normalized spacial score (nSPS) is 11.7. The molecule has 0 aliphatic rings. The lowest BCUT2D eigenvalue weighted by molar-refractivity contribution is 0.140. The fourth-order valence-corrected chi connectivity index (χ4v) is 3.37. The first-order valence-electron chi connectivity index (χ1n) is 9.16. The summed E-state index contributed by atoms with van der Waals surface area (Å²) in [5.74, 6) is 0. The van der Waals surface area contributed by atoms with E-state index in [1.165, 1.54) is 28.5 Å². The van der Waals surface area contributed by atoms with Crippen molar-refractivity contribution in [1.82, 2.24) is 0 Å². The highest BCUT2D eigenvalue weighted by Crippen LogP contribution is 2.24. The van der Waals surface area contributed by atoms with Crippen LogP contribution in [0.2, 0.25) is 0 Å². The minimum absolute atomic E-state index is 0.658. The van der Waals surface area contributed by atoms with Gasteiger partial charge in [-0.1, -0.05) is 79.5 Å². The van der Waals surface area contributed by atoms with E-state index in [9.17, 15) is 0 Å². The Morgan fingerprint density at radius 3 is 2.46 bits per heavy atom. The Labute approximate surface area is 160 Å². The van der Waals surface area contributed by atoms with Crippen molar-refractivity contribution in [1.29, 1.82) is 0 Å². The van der Waals surface area contributed by atoms with Crippen molar-refractivity contribution < 1.29 is 4.84 Å². The van der Waals surface area contributed by atoms with Gasteiger partial charge in [0, 0.05) is 16.0 Å². The molecule has 0 fully saturated rings. The van der Waals surface area contributed by atoms with Crippen LogP contribution in [-0.4, -0.2) is 18.6 Å². The summed E-state index contributed by atoms with van der Waals surface area (Å²) in [6.45, 7) is 2.85. The Bertz CT molecular complexity index is 866. The molecule has 0 heterocycles. The molecule has 0 amide bonds. The van der Waals surface area contributed by atoms with Gasteiger partial charge in [-0.15, -0.1) is 11.8 Å². The van der Waals surface area contributed by atoms with Crippen LogP contribution in [0.5, 0.6) is 0 Å². The molecule has 3 heteroatoms. The zero-order chi connectivity index (χ0) is 18.2. The fourth-order valence-electron chi connectivity index (χ4n) is 2.96. The van der Waals surface area contributed by atoms with Crippen LogP contribution in [0.1, 0.15) is 37.3 Å². The first-order valence-corrected chi connectivity index (χ1v) is 10.4. The van der Waals surface area contributed by atoms with Gasteiger partial charge in [0.2, 0.25) is 0 Å². The zero-order valence-corrected chi connectivity index (χ0v) is 16.3. The lowest BCUT2D eigenvalue weighted by atomic mass is 9.97. The maximum Gasteiger partial charge on any atom is 0.117 e. The van der Waals surface area contributed by atoms with Gasteiger partial charge in [-0.3, -0.25) is 0 Å². The van der Waals surface area contributed by atoms with Crippen molar-refractivity contribution in [3.8, 4) is 0 Å². The predicted octanol–water partition coefficient (Wildman–Crippen LogP) is 6.52. The Morgan fingerprint density at radius 2 is 1.69 bits per heavy atom. The van der Waals surface area contributed by atoms with E-state index >= 15 is 0 Å². The second-order valence-electron chi connectivity index (χ2n) is 6.24. The van der Waals surface area contributed by atoms with Crippen molar-refractivity contribution in [2.45, 2.75) is 31.1 Å². The van der Waals surface area contributed by atoms with Crippen LogP contribution in [0.3, 0.4) is 0 Å². The van der Waals surface area contributed by atoms with Crippen LogP contribution in [0.4, 0.5) is 0 Å². The molecule has 26 heavy (non-hydrogen) atoms. The molecule has 0 atom stereocenters. The van der Waals surface area contributed by atoms with Crippen molar-refractivity contribution in [3.63, 3.8) is 0 Å². The second kappa shape index (κ2) is 9.44. The van der Waals surface area contributed by atoms with E-state index in [-0.39, 0.29) is 0 Å². The van der Waals surface area contributed by atoms with Crippen molar-refractivity contribution in [2.75, 3.05) is 12.9 Å². The quantitative estimate of drug-likeness (QED) is 0.197. The minimum atomic E-state index is 0.658. The van der Waals surface area contributed by atoms with E-state index in [0.29, 0.717) is 6.61 Å². The number of hydrogen-bond donors (Lipinski definition) is 0. The molecule has 3 aromatic rings. The molecular weight excluding hydrogens is 338 g/mol. The van der Waals surface area contributed by atoms with Gasteiger partial charge < -0.3 is 4.84 Å². The van der Waals surface area contributed by atoms with E-state index in [2.05, 4.69) is 85.1 Å². The summed E-state index contributed by atoms with van der Waals surface area (Å²) in [5, 5.41) is 6.96. The van der Waals surface area contributed by atoms with Gasteiger partial charge in [-0.05, 0) is 35.6 Å². The Balaban J connectivity index is 1.99. The molecule has 0 bridgehead atoms. The largest absolute Gasteiger partial charge is 0.395 e. The first kappa shape index (κ1) is 18.5. The van der Waals surface area contributed by atoms with Crippen LogP contribution in [0, 0.1) is 0 Å². The maximum atomic E-state index is 5.69. The summed E-state index contributed by atoms with van der Waals surface area (Å²) in [4.78, 5) is 6.94. The summed E-state index contributed by atoms with van der Waals surface area (Å²) < 4.78 is 0. The van der Waals surface area contributed by atoms with Crippen molar-refractivity contribution >= 4 is 28.2 Å². The number of hydrogen-bond acceptors (Lipinski definition) is 3. The molecule has 0 aliphatic carbocycles. The molecule has 0 N–H and O–H groups in total. The second-order valence-corrected chi connectivity index (χ2v) is 7.12. The molecule has 0 aromatic heterocycles. The number of rotatable bonds is 8. The van der Waals surface area contributed by atoms with Crippen LogP contribution >= 0.6 is 11.8 Å². The third-order valence-electron chi connectivity index (χ3n) is 4.40. The van der Waals surface area contributed by atoms with Gasteiger partial charge in [0.05, 0.1) is 0 Å². The maximum absolute atomic E-state index is 5.69. The number of oxime groups is 1. The molecule has 0 radical (unpaired) electrons. The Morgan fingerprint density at radius 1 is 0.923 bits per heavy atom. The predicted molar refractivity (Wildman–Crippen MR) is 113 cm³/mol. The highest BCUT2D eigenvalue weighted by molar-refractivity contribution is 7.98. The summed E-state index contributed by atoms with van der Waals surface area (Å²) in [7, 11) is 0. The van der Waals surface area contributed by atoms with Gasteiger partial charge in [-0.25, -0.2) is 0 Å². The average Bonchev–Trinajstić information content (AvgIpc) is 2.71. The molecule has 2 nitrogen and oxygen atoms in total. The topological polar surface area (TPSA) is 21.6 Å². The Hall–Kier alpha value is -2.26. The number of thioether (sulfide) groups is 1. The number of nitrogens with zero attached hydrogens (tertiary/aromatic N) is 1. The van der Waals surface area contributed by atoms with Crippen molar-refractivity contribution in [3.05, 3.63) is 77.9 Å². The van der Waals surface area contributed by atoms with Crippen molar-refractivity contribution in [2.24, 2.45) is 5.16 Å². The minimum Gasteiger partial charge on any atom is -0.395 e. The molecule has 0 unspecified atom stereocenters. The molecule has 0 spiro atoms. The summed E-state index contributed by atoms with van der Waals surface area (Å²) in [5.41, 5.74) is 3.08. The summed E-state index contributed by atoms with van der Waals surface area (Å²) in [6.07, 6.45) is 5.47. The Kier molecular flexibility index (Phi) is 6.73. The van der Waals surface area contributed by atoms with Gasteiger partial charge in [-0.2, -0.15) is 0 Å². The SMILES string of the molecule is CCCCCO/N=C(/c1ccc(SC)cc1)c1cccc2ccccc12. The first-order chi connectivity index (χ1) is 12.8. The monoisotopic (exact) mass is 363 g/mol. The highest BCUT2D eigenvalue weighted by Gasteiger charge is 2.12. The van der Waals surface area contributed by atoms with E-state index in [4.69, 9.17) is 4.84 Å². The molecule has 3 rings (SSSR count). The molecule has 0 aliphatic heterocycles. The lowest BCUT2D eigenvalue weighted by Gasteiger charge is -2.11. The van der Waals surface area contributed by atoms with Crippen LogP contribution in [-0.2, 0) is 4.84 Å². The average molecular weight is 364 g/mol. The van der Waals surface area contributed by atoms with Gasteiger partial charge in [0.1, 0.15) is 12.3 Å². The smallest absolute Gasteiger partial charge is 0.117 e. The number of unbranched alkanes of at least 4 members (excludes halogenated alkanes) is 2. The summed E-state index contributed by atoms with van der Waals surface area (Å²) in [6, 6.07) is 23.3. The number of fused-ring (bicyclic) bond motifs is 1. The molecule has 0 saturated heterocycles. The third-order valence-corrected chi connectivity index (χ3v) is 5.15. The molecular formula is C23H25NOS. The van der Waals surface area contributed by atoms with E-state index in [0.717, 1.165) is 23.3 Å². The molecule has 0 saturated carbocycles. The highest BCUT2D eigenvalue weighted by atomic mass is 32.2. The van der Waals surface area contributed by atoms with Gasteiger partial charge >= 0.3 is 0 Å². The van der Waals surface area contributed by atoms with E-state index in [1.54, 1.807) is 11.8 Å². The van der Waals surface area contributed by atoms with Crippen LogP contribution in [0.15, 0.2) is 76.8 Å². The molecule has 3 aromatic carbocycles. The molecule has 134 valence electrons. The third kappa shape index (κ3) is 4.47. The van der Waals surface area contributed by atoms with Crippen LogP contribution in [0.25, 0.3) is 10.8 Å². The van der Waals surface area contributed by atoms with Crippen LogP contribution < -0.4 is 0 Å². The fraction of sp³-hybridized carbons (Fsp3) is 0.261. The van der Waals surface area contributed by atoms with E-state index < -0.39 is 0 Å². The van der Waals surface area contributed by atoms with Gasteiger partial charge in [0.15, 0.2) is 0 Å².